The van der Waals surface area contributed by atoms with Gasteiger partial charge in [-0.25, -0.2) is 8.78 Å². The molecule has 0 atom stereocenters. The lowest BCUT2D eigenvalue weighted by Gasteiger charge is -2.09. The number of anilines is 1. The van der Waals surface area contributed by atoms with Gasteiger partial charge in [-0.1, -0.05) is 12.1 Å². The lowest BCUT2D eigenvalue weighted by Crippen LogP contribution is -2.14. The van der Waals surface area contributed by atoms with E-state index in [0.717, 1.165) is 17.7 Å². The van der Waals surface area contributed by atoms with Crippen LogP contribution in [0.15, 0.2) is 36.4 Å². The number of para-hydroxylation sites is 1. The first-order valence-electron chi connectivity index (χ1n) is 5.54. The van der Waals surface area contributed by atoms with Crippen LogP contribution in [0, 0.1) is 18.6 Å². The van der Waals surface area contributed by atoms with Crippen molar-refractivity contribution >= 4 is 11.6 Å². The predicted molar refractivity (Wildman–Crippen MR) is 67.2 cm³/mol. The SMILES string of the molecule is Cc1ccc(C(=O)Nc2c(F)cccc2F)c(O)c1. The van der Waals surface area contributed by atoms with Crippen molar-refractivity contribution in [1.29, 1.82) is 0 Å². The molecule has 0 unspecified atom stereocenters. The Bertz CT molecular complexity index is 621. The third-order valence-corrected chi connectivity index (χ3v) is 2.60. The van der Waals surface area contributed by atoms with E-state index in [1.807, 2.05) is 0 Å². The molecule has 0 heterocycles. The maximum Gasteiger partial charge on any atom is 0.259 e. The standard InChI is InChI=1S/C14H11F2NO2/c1-8-5-6-9(12(18)7-8)14(19)17-13-10(15)3-2-4-11(13)16/h2-7,18H,1H3,(H,17,19). The maximum atomic E-state index is 13.4. The minimum atomic E-state index is -0.875. The Hall–Kier alpha value is -2.43. The van der Waals surface area contributed by atoms with E-state index < -0.39 is 23.2 Å². The van der Waals surface area contributed by atoms with Crippen LogP contribution < -0.4 is 5.32 Å². The predicted octanol–water partition coefficient (Wildman–Crippen LogP) is 3.23. The summed E-state index contributed by atoms with van der Waals surface area (Å²) in [6, 6.07) is 7.67. The van der Waals surface area contributed by atoms with E-state index in [4.69, 9.17) is 0 Å². The number of aromatic hydroxyl groups is 1. The average Bonchev–Trinajstić information content (AvgIpc) is 2.33. The first-order valence-corrected chi connectivity index (χ1v) is 5.54. The molecule has 98 valence electrons. The molecule has 3 nitrogen and oxygen atoms in total. The second kappa shape index (κ2) is 5.06. The number of phenols is 1. The molecule has 19 heavy (non-hydrogen) atoms. The Labute approximate surface area is 108 Å². The van der Waals surface area contributed by atoms with Crippen molar-refractivity contribution < 1.29 is 18.7 Å². The van der Waals surface area contributed by atoms with Crippen LogP contribution >= 0.6 is 0 Å². The van der Waals surface area contributed by atoms with Gasteiger partial charge in [-0.2, -0.15) is 0 Å². The molecule has 0 saturated carbocycles. The van der Waals surface area contributed by atoms with Gasteiger partial charge in [-0.15, -0.1) is 0 Å². The highest BCUT2D eigenvalue weighted by Gasteiger charge is 2.15. The van der Waals surface area contributed by atoms with Crippen molar-refractivity contribution in [2.24, 2.45) is 0 Å². The molecule has 0 aromatic heterocycles. The summed E-state index contributed by atoms with van der Waals surface area (Å²) in [5, 5.41) is 11.7. The van der Waals surface area contributed by atoms with Crippen LogP contribution in [-0.4, -0.2) is 11.0 Å². The molecule has 0 bridgehead atoms. The Morgan fingerprint density at radius 2 is 1.79 bits per heavy atom. The Morgan fingerprint density at radius 3 is 2.37 bits per heavy atom. The number of carbonyl (C=O) groups is 1. The topological polar surface area (TPSA) is 49.3 Å². The Kier molecular flexibility index (Phi) is 3.46. The highest BCUT2D eigenvalue weighted by atomic mass is 19.1. The molecule has 0 saturated heterocycles. The lowest BCUT2D eigenvalue weighted by atomic mass is 10.1. The molecule has 0 aliphatic heterocycles. The van der Waals surface area contributed by atoms with E-state index in [0.29, 0.717) is 0 Å². The van der Waals surface area contributed by atoms with Crippen LogP contribution in [0.1, 0.15) is 15.9 Å². The molecule has 2 rings (SSSR count). The molecule has 2 aromatic carbocycles. The fourth-order valence-electron chi connectivity index (χ4n) is 1.63. The van der Waals surface area contributed by atoms with Crippen LogP contribution in [0.4, 0.5) is 14.5 Å². The van der Waals surface area contributed by atoms with Crippen molar-refractivity contribution in [3.05, 3.63) is 59.2 Å². The van der Waals surface area contributed by atoms with Crippen LogP contribution in [0.25, 0.3) is 0 Å². The summed E-state index contributed by atoms with van der Waals surface area (Å²) in [7, 11) is 0. The van der Waals surface area contributed by atoms with Crippen molar-refractivity contribution in [2.45, 2.75) is 6.92 Å². The van der Waals surface area contributed by atoms with Crippen LogP contribution in [0.2, 0.25) is 0 Å². The summed E-state index contributed by atoms with van der Waals surface area (Å²) < 4.78 is 26.7. The normalized spacial score (nSPS) is 10.3. The molecular weight excluding hydrogens is 252 g/mol. The van der Waals surface area contributed by atoms with Crippen LogP contribution in [0.3, 0.4) is 0 Å². The maximum absolute atomic E-state index is 13.4. The molecule has 0 spiro atoms. The summed E-state index contributed by atoms with van der Waals surface area (Å²) in [5.74, 6) is -2.77. The second-order valence-electron chi connectivity index (χ2n) is 4.07. The molecule has 1 amide bonds. The van der Waals surface area contributed by atoms with E-state index in [9.17, 15) is 18.7 Å². The van der Waals surface area contributed by atoms with Gasteiger partial charge in [0.15, 0.2) is 0 Å². The largest absolute Gasteiger partial charge is 0.507 e. The van der Waals surface area contributed by atoms with E-state index >= 15 is 0 Å². The van der Waals surface area contributed by atoms with E-state index in [2.05, 4.69) is 5.32 Å². The van der Waals surface area contributed by atoms with Gasteiger partial charge < -0.3 is 10.4 Å². The number of halogens is 2. The number of hydrogen-bond acceptors (Lipinski definition) is 2. The number of carbonyl (C=O) groups excluding carboxylic acids is 1. The van der Waals surface area contributed by atoms with Gasteiger partial charge in [0.2, 0.25) is 0 Å². The van der Waals surface area contributed by atoms with Crippen molar-refractivity contribution in [2.75, 3.05) is 5.32 Å². The Morgan fingerprint density at radius 1 is 1.16 bits per heavy atom. The van der Waals surface area contributed by atoms with Crippen molar-refractivity contribution in [3.8, 4) is 5.75 Å². The zero-order chi connectivity index (χ0) is 14.0. The minimum Gasteiger partial charge on any atom is -0.507 e. The molecule has 2 aromatic rings. The van der Waals surface area contributed by atoms with Gasteiger partial charge >= 0.3 is 0 Å². The van der Waals surface area contributed by atoms with Crippen molar-refractivity contribution in [3.63, 3.8) is 0 Å². The molecule has 0 aliphatic rings. The zero-order valence-corrected chi connectivity index (χ0v) is 10.1. The summed E-state index contributed by atoms with van der Waals surface area (Å²) in [6.07, 6.45) is 0. The number of hydrogen-bond donors (Lipinski definition) is 2. The number of benzene rings is 2. The third kappa shape index (κ3) is 2.70. The molecular formula is C14H11F2NO2. The van der Waals surface area contributed by atoms with Crippen LogP contribution in [0.5, 0.6) is 5.75 Å². The second-order valence-corrected chi connectivity index (χ2v) is 4.07. The fourth-order valence-corrected chi connectivity index (χ4v) is 1.63. The number of aryl methyl sites for hydroxylation is 1. The summed E-state index contributed by atoms with van der Waals surface area (Å²) in [4.78, 5) is 11.8. The van der Waals surface area contributed by atoms with E-state index in [1.165, 1.54) is 18.2 Å². The minimum absolute atomic E-state index is 0.0479. The molecule has 2 N–H and O–H groups in total. The summed E-state index contributed by atoms with van der Waals surface area (Å²) in [5.41, 5.74) is 0.187. The first kappa shape index (κ1) is 13.0. The van der Waals surface area contributed by atoms with Gasteiger partial charge in [-0.05, 0) is 36.8 Å². The van der Waals surface area contributed by atoms with Gasteiger partial charge in [0.25, 0.3) is 5.91 Å². The fraction of sp³-hybridized carbons (Fsp3) is 0.0714. The van der Waals surface area contributed by atoms with Gasteiger partial charge in [0.1, 0.15) is 23.1 Å². The molecule has 0 aliphatic carbocycles. The molecule has 0 radical (unpaired) electrons. The molecule has 0 fully saturated rings. The molecule has 5 heteroatoms. The van der Waals surface area contributed by atoms with Crippen LogP contribution in [-0.2, 0) is 0 Å². The third-order valence-electron chi connectivity index (χ3n) is 2.60. The smallest absolute Gasteiger partial charge is 0.259 e. The summed E-state index contributed by atoms with van der Waals surface area (Å²) >= 11 is 0. The van der Waals surface area contributed by atoms with Gasteiger partial charge in [0.05, 0.1) is 5.56 Å². The van der Waals surface area contributed by atoms with Crippen molar-refractivity contribution in [1.82, 2.24) is 0 Å². The quantitative estimate of drug-likeness (QED) is 0.873. The first-order chi connectivity index (χ1) is 8.99. The highest BCUT2D eigenvalue weighted by Crippen LogP contribution is 2.22. The highest BCUT2D eigenvalue weighted by molar-refractivity contribution is 6.06. The Balaban J connectivity index is 2.31. The van der Waals surface area contributed by atoms with Gasteiger partial charge in [0, 0.05) is 0 Å². The lowest BCUT2D eigenvalue weighted by molar-refractivity contribution is 0.102. The number of amides is 1. The summed E-state index contributed by atoms with van der Waals surface area (Å²) in [6.45, 7) is 1.75. The number of rotatable bonds is 2. The average molecular weight is 263 g/mol. The zero-order valence-electron chi connectivity index (χ0n) is 10.1. The number of nitrogens with one attached hydrogen (secondary N) is 1. The van der Waals surface area contributed by atoms with E-state index in [1.54, 1.807) is 13.0 Å². The monoisotopic (exact) mass is 263 g/mol. The number of phenolic OH excluding ortho intramolecular Hbond substituents is 1. The van der Waals surface area contributed by atoms with E-state index in [-0.39, 0.29) is 11.3 Å². The van der Waals surface area contributed by atoms with Gasteiger partial charge in [-0.3, -0.25) is 4.79 Å².